The summed E-state index contributed by atoms with van der Waals surface area (Å²) in [4.78, 5) is 0. The first kappa shape index (κ1) is 21.1. The van der Waals surface area contributed by atoms with E-state index in [-0.39, 0.29) is 5.75 Å². The molecular formula is C23H21N3O3S2. The van der Waals surface area contributed by atoms with Crippen molar-refractivity contribution in [2.24, 2.45) is 0 Å². The van der Waals surface area contributed by atoms with Crippen LogP contribution in [0.4, 0.5) is 0 Å². The van der Waals surface area contributed by atoms with Gasteiger partial charge in [-0.25, -0.2) is 0 Å². The van der Waals surface area contributed by atoms with Gasteiger partial charge in [0, 0.05) is 17.9 Å². The third kappa shape index (κ3) is 5.74. The summed E-state index contributed by atoms with van der Waals surface area (Å²) < 4.78 is 31.8. The van der Waals surface area contributed by atoms with E-state index in [2.05, 4.69) is 10.2 Å². The largest absolute Gasteiger partial charge is 0.382 e. The molecule has 3 aromatic carbocycles. The molecule has 0 aliphatic heterocycles. The Labute approximate surface area is 186 Å². The summed E-state index contributed by atoms with van der Waals surface area (Å²) in [6.45, 7) is 0. The summed E-state index contributed by atoms with van der Waals surface area (Å²) in [5.74, 6) is 1.27. The maximum absolute atomic E-state index is 12.3. The van der Waals surface area contributed by atoms with Crippen molar-refractivity contribution >= 4 is 21.9 Å². The lowest BCUT2D eigenvalue weighted by Gasteiger charge is -2.10. The molecule has 0 aliphatic carbocycles. The normalized spacial score (nSPS) is 11.4. The number of hydrogen-bond donors (Lipinski definition) is 0. The molecule has 0 amide bonds. The highest BCUT2D eigenvalue weighted by Gasteiger charge is 2.18. The van der Waals surface area contributed by atoms with Crippen molar-refractivity contribution in [2.75, 3.05) is 11.5 Å². The summed E-state index contributed by atoms with van der Waals surface area (Å²) in [7, 11) is -3.70. The first-order valence-corrected chi connectivity index (χ1v) is 12.3. The molecule has 0 unspecified atom stereocenters. The minimum absolute atomic E-state index is 0.137. The van der Waals surface area contributed by atoms with Crippen LogP contribution in [0.2, 0.25) is 0 Å². The van der Waals surface area contributed by atoms with Gasteiger partial charge in [0.05, 0.1) is 5.75 Å². The molecule has 1 aromatic heterocycles. The van der Waals surface area contributed by atoms with Gasteiger partial charge >= 0.3 is 10.1 Å². The Bertz CT molecular complexity index is 1210. The average molecular weight is 452 g/mol. The van der Waals surface area contributed by atoms with Crippen molar-refractivity contribution in [3.8, 4) is 11.4 Å². The smallest absolute Gasteiger partial charge is 0.310 e. The van der Waals surface area contributed by atoms with E-state index >= 15 is 0 Å². The fraction of sp³-hybridized carbons (Fsp3) is 0.130. The molecule has 0 radical (unpaired) electrons. The van der Waals surface area contributed by atoms with Crippen molar-refractivity contribution < 1.29 is 12.6 Å². The molecule has 1 heterocycles. The van der Waals surface area contributed by atoms with Crippen LogP contribution in [0.5, 0.6) is 5.75 Å². The number of rotatable bonds is 9. The average Bonchev–Trinajstić information content (AvgIpc) is 3.17. The first-order chi connectivity index (χ1) is 15.1. The van der Waals surface area contributed by atoms with Crippen LogP contribution < -0.4 is 4.18 Å². The lowest BCUT2D eigenvalue weighted by atomic mass is 10.1. The van der Waals surface area contributed by atoms with Gasteiger partial charge in [0.2, 0.25) is 0 Å². The van der Waals surface area contributed by atoms with Crippen LogP contribution in [-0.4, -0.2) is 34.7 Å². The molecule has 0 bridgehead atoms. The number of hydrogen-bond acceptors (Lipinski definition) is 6. The lowest BCUT2D eigenvalue weighted by molar-refractivity contribution is 0.488. The zero-order valence-corrected chi connectivity index (χ0v) is 18.3. The van der Waals surface area contributed by atoms with Gasteiger partial charge in [0.15, 0.2) is 5.16 Å². The van der Waals surface area contributed by atoms with Crippen molar-refractivity contribution in [3.05, 3.63) is 102 Å². The second-order valence-corrected chi connectivity index (χ2v) is 9.49. The van der Waals surface area contributed by atoms with Crippen LogP contribution in [0, 0.1) is 0 Å². The molecular weight excluding hydrogens is 430 g/mol. The van der Waals surface area contributed by atoms with Crippen LogP contribution in [0.25, 0.3) is 5.69 Å². The van der Waals surface area contributed by atoms with Crippen molar-refractivity contribution in [3.63, 3.8) is 0 Å². The van der Waals surface area contributed by atoms with Gasteiger partial charge in [-0.3, -0.25) is 4.57 Å². The van der Waals surface area contributed by atoms with Crippen molar-refractivity contribution in [1.29, 1.82) is 0 Å². The summed E-state index contributed by atoms with van der Waals surface area (Å²) in [5.41, 5.74) is 2.06. The molecule has 4 aromatic rings. The van der Waals surface area contributed by atoms with E-state index in [0.717, 1.165) is 17.1 Å². The van der Waals surface area contributed by atoms with E-state index in [1.807, 2.05) is 65.2 Å². The molecule has 4 rings (SSSR count). The van der Waals surface area contributed by atoms with Gasteiger partial charge in [-0.1, -0.05) is 78.5 Å². The second-order valence-electron chi connectivity index (χ2n) is 6.74. The molecule has 0 saturated heterocycles. The Morgan fingerprint density at radius 1 is 0.806 bits per heavy atom. The molecule has 0 saturated carbocycles. The molecule has 31 heavy (non-hydrogen) atoms. The Kier molecular flexibility index (Phi) is 6.69. The zero-order valence-electron chi connectivity index (χ0n) is 16.7. The molecule has 0 N–H and O–H groups in total. The molecule has 8 heteroatoms. The quantitative estimate of drug-likeness (QED) is 0.278. The summed E-state index contributed by atoms with van der Waals surface area (Å²) in [6, 6.07) is 28.4. The summed E-state index contributed by atoms with van der Waals surface area (Å²) in [5, 5.41) is 9.36. The minimum atomic E-state index is -3.70. The maximum atomic E-state index is 12.3. The lowest BCUT2D eigenvalue weighted by Crippen LogP contribution is -2.15. The van der Waals surface area contributed by atoms with Crippen LogP contribution in [0.3, 0.4) is 0 Å². The number of aromatic nitrogens is 3. The van der Waals surface area contributed by atoms with Crippen LogP contribution in [0.1, 0.15) is 11.4 Å². The van der Waals surface area contributed by atoms with Crippen LogP contribution in [0.15, 0.2) is 96.2 Å². The second kappa shape index (κ2) is 9.80. The fourth-order valence-electron chi connectivity index (χ4n) is 3.02. The first-order valence-electron chi connectivity index (χ1n) is 9.74. The number of para-hydroxylation sites is 2. The Hall–Kier alpha value is -3.10. The van der Waals surface area contributed by atoms with Gasteiger partial charge < -0.3 is 4.18 Å². The van der Waals surface area contributed by atoms with Gasteiger partial charge in [0.1, 0.15) is 11.6 Å². The maximum Gasteiger partial charge on any atom is 0.310 e. The van der Waals surface area contributed by atoms with Gasteiger partial charge in [0.25, 0.3) is 0 Å². The molecule has 0 fully saturated rings. The summed E-state index contributed by atoms with van der Waals surface area (Å²) >= 11 is 1.34. The van der Waals surface area contributed by atoms with Crippen LogP contribution >= 0.6 is 11.8 Å². The highest BCUT2D eigenvalue weighted by atomic mass is 32.2. The highest BCUT2D eigenvalue weighted by molar-refractivity contribution is 8.00. The molecule has 158 valence electrons. The Morgan fingerprint density at radius 2 is 1.42 bits per heavy atom. The zero-order chi connectivity index (χ0) is 21.5. The van der Waals surface area contributed by atoms with Gasteiger partial charge in [-0.2, -0.15) is 8.42 Å². The third-order valence-electron chi connectivity index (χ3n) is 4.45. The minimum Gasteiger partial charge on any atom is -0.382 e. The van der Waals surface area contributed by atoms with Gasteiger partial charge in [-0.15, -0.1) is 10.2 Å². The molecule has 0 aliphatic rings. The number of thioether (sulfide) groups is 1. The summed E-state index contributed by atoms with van der Waals surface area (Å²) in [6.07, 6.45) is 0.624. The van der Waals surface area contributed by atoms with Crippen LogP contribution in [-0.2, 0) is 16.5 Å². The van der Waals surface area contributed by atoms with E-state index in [1.54, 1.807) is 30.3 Å². The Morgan fingerprint density at radius 3 is 2.10 bits per heavy atom. The highest BCUT2D eigenvalue weighted by Crippen LogP contribution is 2.24. The molecule has 0 spiro atoms. The fourth-order valence-corrected chi connectivity index (χ4v) is 5.28. The Balaban J connectivity index is 1.50. The van der Waals surface area contributed by atoms with E-state index in [0.29, 0.717) is 23.1 Å². The SMILES string of the molecule is O=S(=O)(CCSc1nnc(Cc2ccccc2)n1-c1ccccc1)Oc1ccccc1. The van der Waals surface area contributed by atoms with E-state index in [4.69, 9.17) is 4.18 Å². The standard InChI is InChI=1S/C23H21N3O3S2/c27-31(28,29-21-14-8-3-9-15-21)17-16-30-23-25-24-22(18-19-10-4-1-5-11-19)26(23)20-12-6-2-7-13-20/h1-15H,16-18H2. The number of nitrogens with zero attached hydrogens (tertiary/aromatic N) is 3. The topological polar surface area (TPSA) is 74.1 Å². The predicted octanol–water partition coefficient (Wildman–Crippen LogP) is 4.36. The monoisotopic (exact) mass is 451 g/mol. The third-order valence-corrected chi connectivity index (χ3v) is 6.79. The van der Waals surface area contributed by atoms with Gasteiger partial charge in [-0.05, 0) is 29.8 Å². The molecule has 0 atom stereocenters. The van der Waals surface area contributed by atoms with Crippen molar-refractivity contribution in [1.82, 2.24) is 14.8 Å². The van der Waals surface area contributed by atoms with E-state index in [1.165, 1.54) is 11.8 Å². The number of benzene rings is 3. The van der Waals surface area contributed by atoms with Crippen molar-refractivity contribution in [2.45, 2.75) is 11.6 Å². The van der Waals surface area contributed by atoms with E-state index < -0.39 is 10.1 Å². The molecule has 6 nitrogen and oxygen atoms in total. The predicted molar refractivity (Wildman–Crippen MR) is 122 cm³/mol. The van der Waals surface area contributed by atoms with E-state index in [9.17, 15) is 8.42 Å².